The van der Waals surface area contributed by atoms with Crippen LogP contribution in [0.4, 0.5) is 0 Å². The fourth-order valence-electron chi connectivity index (χ4n) is 1.73. The molecule has 2 aromatic rings. The van der Waals surface area contributed by atoms with E-state index in [4.69, 9.17) is 15.2 Å². The molecule has 3 nitrogen and oxygen atoms in total. The van der Waals surface area contributed by atoms with E-state index in [0.29, 0.717) is 19.8 Å². The van der Waals surface area contributed by atoms with Gasteiger partial charge in [-0.3, -0.25) is 0 Å². The number of benzene rings is 2. The van der Waals surface area contributed by atoms with Crippen molar-refractivity contribution in [1.82, 2.24) is 0 Å². The largest absolute Gasteiger partial charge is 0.490 e. The first kappa shape index (κ1) is 16.8. The molecule has 0 unspecified atom stereocenters. The third kappa shape index (κ3) is 4.98. The van der Waals surface area contributed by atoms with Crippen molar-refractivity contribution < 1.29 is 9.47 Å². The molecule has 0 aromatic heterocycles. The van der Waals surface area contributed by atoms with E-state index in [0.717, 1.165) is 30.5 Å². The van der Waals surface area contributed by atoms with Gasteiger partial charge in [0.2, 0.25) is 0 Å². The third-order valence-electron chi connectivity index (χ3n) is 2.69. The van der Waals surface area contributed by atoms with Gasteiger partial charge >= 0.3 is 0 Å². The molecule has 0 spiro atoms. The van der Waals surface area contributed by atoms with E-state index in [1.807, 2.05) is 36.4 Å². The SMILES string of the molecule is NCc1cc(Br)c(OCCOc2cccc(Br)c2)c(Br)c1. The van der Waals surface area contributed by atoms with Crippen LogP contribution in [0.15, 0.2) is 49.8 Å². The number of hydrogen-bond acceptors (Lipinski definition) is 3. The Balaban J connectivity index is 1.89. The predicted molar refractivity (Wildman–Crippen MR) is 94.9 cm³/mol. The zero-order valence-electron chi connectivity index (χ0n) is 11.1. The molecule has 0 bridgehead atoms. The standard InChI is InChI=1S/C15H14Br3NO2/c16-11-2-1-3-12(8-11)20-4-5-21-15-13(17)6-10(9-19)7-14(15)18/h1-3,6-8H,4-5,9,19H2. The number of nitrogens with two attached hydrogens (primary N) is 1. The van der Waals surface area contributed by atoms with E-state index in [1.165, 1.54) is 0 Å². The van der Waals surface area contributed by atoms with Gasteiger partial charge in [0.1, 0.15) is 24.7 Å². The molecule has 2 aromatic carbocycles. The average Bonchev–Trinajstić information content (AvgIpc) is 2.45. The Kier molecular flexibility index (Phi) is 6.54. The van der Waals surface area contributed by atoms with Crippen molar-refractivity contribution in [2.75, 3.05) is 13.2 Å². The molecular formula is C15H14Br3NO2. The minimum atomic E-state index is 0.450. The molecule has 0 aliphatic carbocycles. The molecular weight excluding hydrogens is 466 g/mol. The van der Waals surface area contributed by atoms with Crippen molar-refractivity contribution in [2.24, 2.45) is 5.73 Å². The van der Waals surface area contributed by atoms with Crippen molar-refractivity contribution in [2.45, 2.75) is 6.54 Å². The van der Waals surface area contributed by atoms with Crippen molar-refractivity contribution in [1.29, 1.82) is 0 Å². The smallest absolute Gasteiger partial charge is 0.147 e. The highest BCUT2D eigenvalue weighted by Gasteiger charge is 2.08. The second-order valence-electron chi connectivity index (χ2n) is 4.25. The van der Waals surface area contributed by atoms with Crippen LogP contribution in [-0.4, -0.2) is 13.2 Å². The first-order valence-electron chi connectivity index (χ1n) is 6.29. The van der Waals surface area contributed by atoms with Crippen LogP contribution < -0.4 is 15.2 Å². The van der Waals surface area contributed by atoms with Gasteiger partial charge in [0.15, 0.2) is 0 Å². The Morgan fingerprint density at radius 1 is 0.905 bits per heavy atom. The van der Waals surface area contributed by atoms with E-state index in [-0.39, 0.29) is 0 Å². The lowest BCUT2D eigenvalue weighted by atomic mass is 10.2. The van der Waals surface area contributed by atoms with Crippen LogP contribution in [0.25, 0.3) is 0 Å². The van der Waals surface area contributed by atoms with Crippen LogP contribution in [0.3, 0.4) is 0 Å². The predicted octanol–water partition coefficient (Wildman–Crippen LogP) is 4.89. The van der Waals surface area contributed by atoms with Crippen molar-refractivity contribution >= 4 is 47.8 Å². The molecule has 0 aliphatic rings. The maximum absolute atomic E-state index is 5.75. The van der Waals surface area contributed by atoms with E-state index < -0.39 is 0 Å². The van der Waals surface area contributed by atoms with Crippen molar-refractivity contribution in [3.05, 3.63) is 55.4 Å². The van der Waals surface area contributed by atoms with Gasteiger partial charge < -0.3 is 15.2 Å². The first-order valence-corrected chi connectivity index (χ1v) is 8.67. The van der Waals surface area contributed by atoms with Crippen LogP contribution in [-0.2, 0) is 6.54 Å². The lowest BCUT2D eigenvalue weighted by molar-refractivity contribution is 0.215. The summed E-state index contributed by atoms with van der Waals surface area (Å²) in [7, 11) is 0. The van der Waals surface area contributed by atoms with E-state index in [9.17, 15) is 0 Å². The molecule has 0 aliphatic heterocycles. The second-order valence-corrected chi connectivity index (χ2v) is 6.87. The quantitative estimate of drug-likeness (QED) is 0.600. The Labute approximate surface area is 149 Å². The van der Waals surface area contributed by atoms with Crippen LogP contribution >= 0.6 is 47.8 Å². The minimum absolute atomic E-state index is 0.450. The van der Waals surface area contributed by atoms with Gasteiger partial charge in [0.25, 0.3) is 0 Å². The molecule has 21 heavy (non-hydrogen) atoms. The topological polar surface area (TPSA) is 44.5 Å². The number of hydrogen-bond donors (Lipinski definition) is 1. The summed E-state index contributed by atoms with van der Waals surface area (Å²) in [5, 5.41) is 0. The maximum Gasteiger partial charge on any atom is 0.147 e. The van der Waals surface area contributed by atoms with Crippen LogP contribution in [0.2, 0.25) is 0 Å². The molecule has 0 fully saturated rings. The van der Waals surface area contributed by atoms with Crippen LogP contribution in [0, 0.1) is 0 Å². The Hall–Kier alpha value is -0.560. The molecule has 0 atom stereocenters. The van der Waals surface area contributed by atoms with Gasteiger partial charge in [-0.2, -0.15) is 0 Å². The molecule has 112 valence electrons. The third-order valence-corrected chi connectivity index (χ3v) is 4.36. The maximum atomic E-state index is 5.75. The van der Waals surface area contributed by atoms with E-state index in [2.05, 4.69) is 47.8 Å². The zero-order valence-corrected chi connectivity index (χ0v) is 15.9. The number of halogens is 3. The molecule has 0 heterocycles. The molecule has 2 rings (SSSR count). The number of rotatable bonds is 6. The monoisotopic (exact) mass is 477 g/mol. The molecule has 0 saturated carbocycles. The Morgan fingerprint density at radius 3 is 2.19 bits per heavy atom. The van der Waals surface area contributed by atoms with Gasteiger partial charge in [-0.1, -0.05) is 22.0 Å². The summed E-state index contributed by atoms with van der Waals surface area (Å²) < 4.78 is 14.1. The summed E-state index contributed by atoms with van der Waals surface area (Å²) in [6.07, 6.45) is 0. The summed E-state index contributed by atoms with van der Waals surface area (Å²) in [6.45, 7) is 1.41. The molecule has 2 N–H and O–H groups in total. The van der Waals surface area contributed by atoms with Gasteiger partial charge in [0, 0.05) is 11.0 Å². The normalized spacial score (nSPS) is 10.5. The zero-order chi connectivity index (χ0) is 15.2. The van der Waals surface area contributed by atoms with Crippen LogP contribution in [0.1, 0.15) is 5.56 Å². The van der Waals surface area contributed by atoms with Gasteiger partial charge in [-0.15, -0.1) is 0 Å². The highest BCUT2D eigenvalue weighted by molar-refractivity contribution is 9.11. The first-order chi connectivity index (χ1) is 10.1. The lowest BCUT2D eigenvalue weighted by Crippen LogP contribution is -2.10. The van der Waals surface area contributed by atoms with Gasteiger partial charge in [0.05, 0.1) is 8.95 Å². The fourth-order valence-corrected chi connectivity index (χ4v) is 3.62. The average molecular weight is 480 g/mol. The lowest BCUT2D eigenvalue weighted by Gasteiger charge is -2.12. The van der Waals surface area contributed by atoms with Crippen molar-refractivity contribution in [3.63, 3.8) is 0 Å². The summed E-state index contributed by atoms with van der Waals surface area (Å²) in [6, 6.07) is 11.6. The van der Waals surface area contributed by atoms with Crippen LogP contribution in [0.5, 0.6) is 11.5 Å². The summed E-state index contributed by atoms with van der Waals surface area (Å²) in [5.41, 5.74) is 6.66. The molecule has 0 amide bonds. The van der Waals surface area contributed by atoms with Gasteiger partial charge in [-0.05, 0) is 67.8 Å². The van der Waals surface area contributed by atoms with E-state index in [1.54, 1.807) is 0 Å². The summed E-state index contributed by atoms with van der Waals surface area (Å²) >= 11 is 10.4. The van der Waals surface area contributed by atoms with Gasteiger partial charge in [-0.25, -0.2) is 0 Å². The number of ether oxygens (including phenoxy) is 2. The van der Waals surface area contributed by atoms with E-state index >= 15 is 0 Å². The Morgan fingerprint density at radius 2 is 1.57 bits per heavy atom. The summed E-state index contributed by atoms with van der Waals surface area (Å²) in [4.78, 5) is 0. The molecule has 0 saturated heterocycles. The summed E-state index contributed by atoms with van der Waals surface area (Å²) in [5.74, 6) is 1.56. The molecule has 6 heteroatoms. The van der Waals surface area contributed by atoms with Crippen molar-refractivity contribution in [3.8, 4) is 11.5 Å². The second kappa shape index (κ2) is 8.17. The minimum Gasteiger partial charge on any atom is -0.490 e. The molecule has 0 radical (unpaired) electrons. The Bertz CT molecular complexity index is 597. The highest BCUT2D eigenvalue weighted by Crippen LogP contribution is 2.34. The highest BCUT2D eigenvalue weighted by atomic mass is 79.9. The fraction of sp³-hybridized carbons (Fsp3) is 0.200.